The summed E-state index contributed by atoms with van der Waals surface area (Å²) in [6.45, 7) is 4.74. The van der Waals surface area contributed by atoms with Crippen LogP contribution in [0.1, 0.15) is 18.3 Å². The van der Waals surface area contributed by atoms with E-state index >= 15 is 0 Å². The van der Waals surface area contributed by atoms with Gasteiger partial charge in [0.2, 0.25) is 0 Å². The molecule has 2 aromatic rings. The molecular weight excluding hydrogens is 282 g/mol. The number of H-pyrrole nitrogens is 1. The highest BCUT2D eigenvalue weighted by Crippen LogP contribution is 2.03. The summed E-state index contributed by atoms with van der Waals surface area (Å²) in [6, 6.07) is 1.67. The van der Waals surface area contributed by atoms with Gasteiger partial charge in [-0.1, -0.05) is 0 Å². The van der Waals surface area contributed by atoms with Gasteiger partial charge < -0.3 is 9.88 Å². The molecule has 7 nitrogen and oxygen atoms in total. The monoisotopic (exact) mass is 303 g/mol. The Morgan fingerprint density at radius 2 is 2.14 bits per heavy atom. The lowest BCUT2D eigenvalue weighted by Crippen LogP contribution is -2.40. The van der Waals surface area contributed by atoms with Crippen LogP contribution < -0.4 is 11.2 Å². The first-order valence-electron chi connectivity index (χ1n) is 7.23. The molecule has 118 valence electrons. The third-order valence-corrected chi connectivity index (χ3v) is 3.71. The number of hydrogen-bond donors (Lipinski definition) is 1. The molecule has 2 heterocycles. The third kappa shape index (κ3) is 4.11. The quantitative estimate of drug-likeness (QED) is 0.824. The Bertz CT molecular complexity index is 691. The largest absolute Gasteiger partial charge is 0.328 e. The van der Waals surface area contributed by atoms with Crippen molar-refractivity contribution in [3.63, 3.8) is 0 Å². The molecule has 1 N–H and O–H groups in total. The van der Waals surface area contributed by atoms with Crippen LogP contribution in [0.3, 0.4) is 0 Å². The van der Waals surface area contributed by atoms with E-state index in [0.717, 1.165) is 12.1 Å². The van der Waals surface area contributed by atoms with Crippen LogP contribution in [0.15, 0.2) is 34.2 Å². The van der Waals surface area contributed by atoms with E-state index in [1.807, 2.05) is 7.05 Å². The normalized spacial score (nSPS) is 12.5. The van der Waals surface area contributed by atoms with Gasteiger partial charge >= 0.3 is 5.69 Å². The average Bonchev–Trinajstić information content (AvgIpc) is 2.46. The van der Waals surface area contributed by atoms with Crippen molar-refractivity contribution in [1.29, 1.82) is 0 Å². The third-order valence-electron chi connectivity index (χ3n) is 3.71. The van der Waals surface area contributed by atoms with Crippen LogP contribution in [0.4, 0.5) is 0 Å². The minimum atomic E-state index is -0.361. The highest BCUT2D eigenvalue weighted by molar-refractivity contribution is 4.98. The molecule has 7 heteroatoms. The van der Waals surface area contributed by atoms with Crippen molar-refractivity contribution in [3.8, 4) is 0 Å². The van der Waals surface area contributed by atoms with Gasteiger partial charge in [0.1, 0.15) is 0 Å². The zero-order valence-electron chi connectivity index (χ0n) is 13.1. The molecule has 0 saturated carbocycles. The van der Waals surface area contributed by atoms with E-state index in [4.69, 9.17) is 0 Å². The van der Waals surface area contributed by atoms with E-state index in [2.05, 4.69) is 26.8 Å². The van der Waals surface area contributed by atoms with Crippen LogP contribution in [0.25, 0.3) is 0 Å². The van der Waals surface area contributed by atoms with Crippen molar-refractivity contribution in [2.24, 2.45) is 0 Å². The van der Waals surface area contributed by atoms with Gasteiger partial charge in [0.05, 0.1) is 5.69 Å². The molecule has 1 atom stereocenters. The van der Waals surface area contributed by atoms with Crippen LogP contribution >= 0.6 is 0 Å². The molecule has 0 unspecified atom stereocenters. The Morgan fingerprint density at radius 3 is 2.77 bits per heavy atom. The Balaban J connectivity index is 1.97. The van der Waals surface area contributed by atoms with Gasteiger partial charge in [0, 0.05) is 55.9 Å². The maximum absolute atomic E-state index is 11.8. The average molecular weight is 303 g/mol. The number of nitrogens with one attached hydrogen (secondary N) is 1. The fourth-order valence-electron chi connectivity index (χ4n) is 2.22. The standard InChI is InChI=1S/C15H21N5O2/c1-11-8-14(21)20(15(22)18-11)7-6-19(3)12(2)9-13-10-16-4-5-17-13/h4-5,8,10,12H,6-7,9H2,1-3H3,(H,18,22)/t12-/m0/s1. The molecule has 0 aliphatic heterocycles. The van der Waals surface area contributed by atoms with E-state index < -0.39 is 0 Å². The van der Waals surface area contributed by atoms with Crippen molar-refractivity contribution >= 4 is 0 Å². The van der Waals surface area contributed by atoms with Crippen molar-refractivity contribution < 1.29 is 0 Å². The van der Waals surface area contributed by atoms with E-state index in [-0.39, 0.29) is 17.3 Å². The second-order valence-electron chi connectivity index (χ2n) is 5.48. The van der Waals surface area contributed by atoms with E-state index in [0.29, 0.717) is 18.8 Å². The molecule has 0 bridgehead atoms. The van der Waals surface area contributed by atoms with Gasteiger partial charge in [-0.05, 0) is 20.9 Å². The summed E-state index contributed by atoms with van der Waals surface area (Å²) in [5.41, 5.74) is 0.874. The van der Waals surface area contributed by atoms with Gasteiger partial charge in [-0.3, -0.25) is 19.3 Å². The molecule has 2 aromatic heterocycles. The number of aromatic amines is 1. The van der Waals surface area contributed by atoms with Gasteiger partial charge in [0.15, 0.2) is 0 Å². The van der Waals surface area contributed by atoms with Crippen LogP contribution in [-0.4, -0.2) is 44.1 Å². The molecule has 0 spiro atoms. The first-order valence-corrected chi connectivity index (χ1v) is 7.23. The van der Waals surface area contributed by atoms with Crippen LogP contribution in [-0.2, 0) is 13.0 Å². The lowest BCUT2D eigenvalue weighted by atomic mass is 10.1. The molecule has 0 saturated heterocycles. The summed E-state index contributed by atoms with van der Waals surface area (Å²) in [7, 11) is 1.97. The molecule has 0 amide bonds. The number of aryl methyl sites for hydroxylation is 1. The van der Waals surface area contributed by atoms with Crippen molar-refractivity contribution in [2.45, 2.75) is 32.9 Å². The summed E-state index contributed by atoms with van der Waals surface area (Å²) >= 11 is 0. The minimum Gasteiger partial charge on any atom is -0.311 e. The van der Waals surface area contributed by atoms with Crippen LogP contribution in [0.5, 0.6) is 0 Å². The topological polar surface area (TPSA) is 83.9 Å². The second-order valence-corrected chi connectivity index (χ2v) is 5.48. The lowest BCUT2D eigenvalue weighted by molar-refractivity contribution is 0.242. The Morgan fingerprint density at radius 1 is 1.36 bits per heavy atom. The number of nitrogens with zero attached hydrogens (tertiary/aromatic N) is 4. The second kappa shape index (κ2) is 7.13. The highest BCUT2D eigenvalue weighted by atomic mass is 16.2. The first-order chi connectivity index (χ1) is 10.5. The number of hydrogen-bond acceptors (Lipinski definition) is 5. The van der Waals surface area contributed by atoms with Gasteiger partial charge in [-0.2, -0.15) is 0 Å². The smallest absolute Gasteiger partial charge is 0.311 e. The van der Waals surface area contributed by atoms with Crippen LogP contribution in [0, 0.1) is 6.92 Å². The zero-order chi connectivity index (χ0) is 16.1. The maximum Gasteiger partial charge on any atom is 0.328 e. The molecule has 0 aromatic carbocycles. The minimum absolute atomic E-state index is 0.233. The van der Waals surface area contributed by atoms with Crippen molar-refractivity contribution in [3.05, 3.63) is 56.9 Å². The molecule has 0 fully saturated rings. The number of rotatable bonds is 6. The summed E-state index contributed by atoms with van der Waals surface area (Å²) < 4.78 is 1.22. The predicted octanol–water partition coefficient (Wildman–Crippen LogP) is 0.198. The fraction of sp³-hybridized carbons (Fsp3) is 0.467. The van der Waals surface area contributed by atoms with Crippen LogP contribution in [0.2, 0.25) is 0 Å². The number of aromatic nitrogens is 4. The van der Waals surface area contributed by atoms with E-state index in [1.54, 1.807) is 25.5 Å². The van der Waals surface area contributed by atoms with Gasteiger partial charge in [-0.25, -0.2) is 4.79 Å². The molecule has 0 aliphatic carbocycles. The SMILES string of the molecule is Cc1cc(=O)n(CCN(C)[C@@H](C)Cc2cnccn2)c(=O)[nH]1. The summed E-state index contributed by atoms with van der Waals surface area (Å²) in [4.78, 5) is 36.7. The Kier molecular flexibility index (Phi) is 5.21. The summed E-state index contributed by atoms with van der Waals surface area (Å²) in [5, 5.41) is 0. The molecule has 0 radical (unpaired) electrons. The lowest BCUT2D eigenvalue weighted by Gasteiger charge is -2.24. The Hall–Kier alpha value is -2.28. The fourth-order valence-corrected chi connectivity index (χ4v) is 2.22. The number of likely N-dealkylation sites (N-methyl/N-ethyl adjacent to an activating group) is 1. The Labute approximate surface area is 128 Å². The highest BCUT2D eigenvalue weighted by Gasteiger charge is 2.12. The van der Waals surface area contributed by atoms with Gasteiger partial charge in [0.25, 0.3) is 5.56 Å². The predicted molar refractivity (Wildman–Crippen MR) is 83.9 cm³/mol. The summed E-state index contributed by atoms with van der Waals surface area (Å²) in [6.07, 6.45) is 5.84. The molecule has 0 aliphatic rings. The molecule has 22 heavy (non-hydrogen) atoms. The van der Waals surface area contributed by atoms with E-state index in [9.17, 15) is 9.59 Å². The van der Waals surface area contributed by atoms with E-state index in [1.165, 1.54) is 10.6 Å². The first kappa shape index (κ1) is 16.1. The van der Waals surface area contributed by atoms with Crippen molar-refractivity contribution in [2.75, 3.05) is 13.6 Å². The molecule has 2 rings (SSSR count). The molecular formula is C15H21N5O2. The zero-order valence-corrected chi connectivity index (χ0v) is 13.1. The maximum atomic E-state index is 11.8. The summed E-state index contributed by atoms with van der Waals surface area (Å²) in [5.74, 6) is 0. The van der Waals surface area contributed by atoms with Crippen molar-refractivity contribution in [1.82, 2.24) is 24.4 Å². The van der Waals surface area contributed by atoms with Gasteiger partial charge in [-0.15, -0.1) is 0 Å².